The first-order chi connectivity index (χ1) is 21.6. The summed E-state index contributed by atoms with van der Waals surface area (Å²) in [7, 11) is 0. The van der Waals surface area contributed by atoms with Crippen LogP contribution in [-0.2, 0) is 6.54 Å². The largest absolute Gasteiger partial charge is 0.383 e. The zero-order valence-electron chi connectivity index (χ0n) is 24.2. The normalized spacial score (nSPS) is 15.4. The molecule has 1 aliphatic rings. The first-order valence-corrected chi connectivity index (χ1v) is 14.5. The molecule has 0 radical (unpaired) electrons. The van der Waals surface area contributed by atoms with Crippen molar-refractivity contribution in [3.63, 3.8) is 0 Å². The van der Waals surface area contributed by atoms with Crippen molar-refractivity contribution in [3.05, 3.63) is 109 Å². The summed E-state index contributed by atoms with van der Waals surface area (Å²) in [5, 5.41) is 9.19. The highest BCUT2D eigenvalue weighted by Gasteiger charge is 2.25. The number of pyridine rings is 2. The fourth-order valence-electron chi connectivity index (χ4n) is 5.85. The number of imidazole rings is 1. The summed E-state index contributed by atoms with van der Waals surface area (Å²) >= 11 is 0. The van der Waals surface area contributed by atoms with Crippen LogP contribution in [0.1, 0.15) is 18.3 Å². The highest BCUT2D eigenvalue weighted by molar-refractivity contribution is 5.84. The molecule has 1 saturated heterocycles. The molecular formula is C34H30N10. The second-order valence-electron chi connectivity index (χ2n) is 10.9. The van der Waals surface area contributed by atoms with Gasteiger partial charge in [0, 0.05) is 55.9 Å². The number of hydrogen-bond acceptors (Lipinski definition) is 9. The van der Waals surface area contributed by atoms with Gasteiger partial charge in [0.05, 0.1) is 11.3 Å². The molecule has 0 amide bonds. The van der Waals surface area contributed by atoms with E-state index in [2.05, 4.69) is 72.6 Å². The highest BCUT2D eigenvalue weighted by Crippen LogP contribution is 2.32. The molecule has 44 heavy (non-hydrogen) atoms. The van der Waals surface area contributed by atoms with Crippen LogP contribution in [0.15, 0.2) is 97.3 Å². The minimum atomic E-state index is 0.198. The molecule has 2 aromatic carbocycles. The van der Waals surface area contributed by atoms with E-state index in [1.807, 2.05) is 54.6 Å². The summed E-state index contributed by atoms with van der Waals surface area (Å²) in [4.78, 5) is 27.4. The van der Waals surface area contributed by atoms with Gasteiger partial charge in [0.1, 0.15) is 23.2 Å². The molecule has 2 N–H and O–H groups in total. The predicted molar refractivity (Wildman–Crippen MR) is 171 cm³/mol. The van der Waals surface area contributed by atoms with Crippen LogP contribution in [-0.4, -0.2) is 60.1 Å². The summed E-state index contributed by atoms with van der Waals surface area (Å²) in [6.07, 6.45) is 3.33. The maximum Gasteiger partial charge on any atom is 0.234 e. The van der Waals surface area contributed by atoms with E-state index in [0.717, 1.165) is 65.7 Å². The predicted octanol–water partition coefficient (Wildman–Crippen LogP) is 5.10. The molecular weight excluding hydrogens is 548 g/mol. The standard InChI is InChI=1S/C34H30N10/c1-23-21-42(18-19-43(23)31-15-17-37-30(20-35)41-31)22-24-9-11-26(12-10-24)44-33(27-8-5-16-38-32(27)36)40-29-14-13-28(39-34(29)44)25-6-3-2-4-7-25/h2-17,23H,18-19,21-22H2,1H3,(H2,36,38)/t23-/m1/s1. The van der Waals surface area contributed by atoms with Gasteiger partial charge >= 0.3 is 0 Å². The summed E-state index contributed by atoms with van der Waals surface area (Å²) in [6, 6.07) is 30.7. The Balaban J connectivity index is 1.18. The van der Waals surface area contributed by atoms with Crippen LogP contribution in [0.5, 0.6) is 0 Å². The van der Waals surface area contributed by atoms with Gasteiger partial charge in [0.15, 0.2) is 11.5 Å². The molecule has 0 spiro atoms. The van der Waals surface area contributed by atoms with Crippen LogP contribution in [0.3, 0.4) is 0 Å². The van der Waals surface area contributed by atoms with E-state index in [0.29, 0.717) is 11.6 Å². The van der Waals surface area contributed by atoms with E-state index in [-0.39, 0.29) is 11.9 Å². The van der Waals surface area contributed by atoms with Crippen molar-refractivity contribution >= 4 is 22.8 Å². The van der Waals surface area contributed by atoms with E-state index in [1.165, 1.54) is 5.56 Å². The second-order valence-corrected chi connectivity index (χ2v) is 10.9. The van der Waals surface area contributed by atoms with Gasteiger partial charge in [-0.05, 0) is 55.0 Å². The molecule has 216 valence electrons. The molecule has 6 aromatic rings. The minimum absolute atomic E-state index is 0.198. The van der Waals surface area contributed by atoms with Crippen LogP contribution in [0.2, 0.25) is 0 Å². The first kappa shape index (κ1) is 27.2. The molecule has 0 bridgehead atoms. The van der Waals surface area contributed by atoms with Crippen LogP contribution >= 0.6 is 0 Å². The lowest BCUT2D eigenvalue weighted by Gasteiger charge is -2.40. The fraction of sp³-hybridized carbons (Fsp3) is 0.176. The Morgan fingerprint density at radius 3 is 2.48 bits per heavy atom. The van der Waals surface area contributed by atoms with Crippen molar-refractivity contribution in [2.24, 2.45) is 0 Å². The molecule has 7 rings (SSSR count). The fourth-order valence-corrected chi connectivity index (χ4v) is 5.85. The Bertz CT molecular complexity index is 1980. The maximum absolute atomic E-state index is 9.19. The van der Waals surface area contributed by atoms with Gasteiger partial charge in [-0.15, -0.1) is 0 Å². The van der Waals surface area contributed by atoms with Gasteiger partial charge in [-0.3, -0.25) is 9.47 Å². The topological polar surface area (TPSA) is 126 Å². The molecule has 1 aliphatic heterocycles. The molecule has 4 aromatic heterocycles. The summed E-state index contributed by atoms with van der Waals surface area (Å²) in [5.74, 6) is 2.12. The van der Waals surface area contributed by atoms with Gasteiger partial charge in [-0.25, -0.2) is 24.9 Å². The average Bonchev–Trinajstić information content (AvgIpc) is 3.44. The Hall–Kier alpha value is -5.66. The number of fused-ring (bicyclic) bond motifs is 1. The lowest BCUT2D eigenvalue weighted by atomic mass is 10.1. The molecule has 1 fully saturated rings. The maximum atomic E-state index is 9.19. The zero-order valence-corrected chi connectivity index (χ0v) is 24.2. The van der Waals surface area contributed by atoms with Crippen LogP contribution in [0.4, 0.5) is 11.6 Å². The van der Waals surface area contributed by atoms with Crippen molar-refractivity contribution in [3.8, 4) is 34.4 Å². The molecule has 10 nitrogen and oxygen atoms in total. The van der Waals surface area contributed by atoms with Gasteiger partial charge < -0.3 is 10.6 Å². The summed E-state index contributed by atoms with van der Waals surface area (Å²) in [6.45, 7) is 5.62. The molecule has 0 saturated carbocycles. The van der Waals surface area contributed by atoms with Crippen LogP contribution < -0.4 is 10.6 Å². The third-order valence-corrected chi connectivity index (χ3v) is 8.00. The van der Waals surface area contributed by atoms with Gasteiger partial charge in [0.2, 0.25) is 5.82 Å². The van der Waals surface area contributed by atoms with Gasteiger partial charge in [-0.1, -0.05) is 42.5 Å². The number of piperazine rings is 1. The quantitative estimate of drug-likeness (QED) is 0.287. The summed E-state index contributed by atoms with van der Waals surface area (Å²) in [5.41, 5.74) is 12.7. The zero-order chi connectivity index (χ0) is 30.0. The molecule has 5 heterocycles. The second kappa shape index (κ2) is 11.6. The number of rotatable bonds is 6. The lowest BCUT2D eigenvalue weighted by molar-refractivity contribution is 0.220. The average molecular weight is 579 g/mol. The van der Waals surface area contributed by atoms with E-state index < -0.39 is 0 Å². The number of nitriles is 1. The third kappa shape index (κ3) is 5.21. The molecule has 1 atom stereocenters. The van der Waals surface area contributed by atoms with E-state index in [1.54, 1.807) is 12.4 Å². The van der Waals surface area contributed by atoms with Crippen molar-refractivity contribution in [1.82, 2.24) is 34.4 Å². The number of benzene rings is 2. The summed E-state index contributed by atoms with van der Waals surface area (Å²) < 4.78 is 2.07. The monoisotopic (exact) mass is 578 g/mol. The van der Waals surface area contributed by atoms with Crippen molar-refractivity contribution in [1.29, 1.82) is 5.26 Å². The Kier molecular flexibility index (Phi) is 7.14. The van der Waals surface area contributed by atoms with Crippen molar-refractivity contribution in [2.75, 3.05) is 30.3 Å². The minimum Gasteiger partial charge on any atom is -0.383 e. The number of nitrogen functional groups attached to an aromatic ring is 1. The Morgan fingerprint density at radius 2 is 1.70 bits per heavy atom. The molecule has 10 heteroatoms. The van der Waals surface area contributed by atoms with Crippen LogP contribution in [0, 0.1) is 11.3 Å². The first-order valence-electron chi connectivity index (χ1n) is 14.5. The van der Waals surface area contributed by atoms with Crippen LogP contribution in [0.25, 0.3) is 39.5 Å². The highest BCUT2D eigenvalue weighted by atomic mass is 15.3. The van der Waals surface area contributed by atoms with E-state index >= 15 is 0 Å². The Morgan fingerprint density at radius 1 is 0.864 bits per heavy atom. The Labute approximate surface area is 255 Å². The number of hydrogen-bond donors (Lipinski definition) is 1. The van der Waals surface area contributed by atoms with E-state index in [4.69, 9.17) is 15.7 Å². The molecule has 0 aliphatic carbocycles. The number of aromatic nitrogens is 6. The molecule has 0 unspecified atom stereocenters. The van der Waals surface area contributed by atoms with Gasteiger partial charge in [-0.2, -0.15) is 5.26 Å². The smallest absolute Gasteiger partial charge is 0.234 e. The number of nitrogens with two attached hydrogens (primary N) is 1. The van der Waals surface area contributed by atoms with Crippen molar-refractivity contribution < 1.29 is 0 Å². The van der Waals surface area contributed by atoms with Crippen molar-refractivity contribution in [2.45, 2.75) is 19.5 Å². The third-order valence-electron chi connectivity index (χ3n) is 8.00. The van der Waals surface area contributed by atoms with Gasteiger partial charge in [0.25, 0.3) is 0 Å². The number of anilines is 2. The number of nitrogens with zero attached hydrogens (tertiary/aromatic N) is 9. The SMILES string of the molecule is C[C@@H]1CN(Cc2ccc(-n3c(-c4cccnc4N)nc4ccc(-c5ccccc5)nc43)cc2)CCN1c1ccnc(C#N)n1. The lowest BCUT2D eigenvalue weighted by Crippen LogP contribution is -2.51. The van der Waals surface area contributed by atoms with E-state index in [9.17, 15) is 5.26 Å².